The Morgan fingerprint density at radius 1 is 1.07 bits per heavy atom. The molecular formula is C22H24N2O2S. The molecule has 2 aromatic carbocycles. The number of rotatable bonds is 7. The second-order valence-corrected chi connectivity index (χ2v) is 7.41. The Kier molecular flexibility index (Phi) is 6.27. The van der Waals surface area contributed by atoms with E-state index in [2.05, 4.69) is 10.2 Å². The second-order valence-electron chi connectivity index (χ2n) is 6.49. The molecule has 140 valence electrons. The van der Waals surface area contributed by atoms with Crippen LogP contribution in [0.4, 0.5) is 0 Å². The van der Waals surface area contributed by atoms with Gasteiger partial charge in [0.1, 0.15) is 5.75 Å². The molecule has 4 nitrogen and oxygen atoms in total. The van der Waals surface area contributed by atoms with Gasteiger partial charge in [0.05, 0.1) is 18.0 Å². The minimum absolute atomic E-state index is 0.0378. The van der Waals surface area contributed by atoms with Crippen LogP contribution in [-0.4, -0.2) is 38.6 Å². The van der Waals surface area contributed by atoms with Gasteiger partial charge in [0.25, 0.3) is 5.91 Å². The van der Waals surface area contributed by atoms with Crippen molar-refractivity contribution in [3.05, 3.63) is 76.5 Å². The number of hydrogen-bond donors (Lipinski definition) is 1. The summed E-state index contributed by atoms with van der Waals surface area (Å²) in [5.41, 5.74) is 3.17. The molecule has 0 bridgehead atoms. The molecule has 5 heteroatoms. The zero-order valence-electron chi connectivity index (χ0n) is 15.8. The maximum Gasteiger partial charge on any atom is 0.262 e. The fourth-order valence-corrected chi connectivity index (χ4v) is 3.86. The summed E-state index contributed by atoms with van der Waals surface area (Å²) in [5, 5.41) is 5.06. The van der Waals surface area contributed by atoms with Gasteiger partial charge < -0.3 is 15.0 Å². The van der Waals surface area contributed by atoms with E-state index in [1.165, 1.54) is 11.3 Å². The van der Waals surface area contributed by atoms with E-state index in [1.54, 1.807) is 7.11 Å². The third-order valence-electron chi connectivity index (χ3n) is 4.54. The highest BCUT2D eigenvalue weighted by atomic mass is 32.1. The van der Waals surface area contributed by atoms with Crippen molar-refractivity contribution >= 4 is 17.2 Å². The first-order valence-electron chi connectivity index (χ1n) is 8.81. The number of nitrogens with one attached hydrogen (secondary N) is 1. The third-order valence-corrected chi connectivity index (χ3v) is 5.45. The van der Waals surface area contributed by atoms with Crippen molar-refractivity contribution in [3.63, 3.8) is 0 Å². The maximum absolute atomic E-state index is 12.8. The van der Waals surface area contributed by atoms with E-state index in [1.807, 2.05) is 80.1 Å². The molecule has 0 radical (unpaired) electrons. The number of carbonyl (C=O) groups excluding carboxylic acids is 1. The first-order chi connectivity index (χ1) is 13.1. The van der Waals surface area contributed by atoms with Crippen LogP contribution < -0.4 is 10.1 Å². The molecule has 1 unspecified atom stereocenters. The molecule has 1 atom stereocenters. The van der Waals surface area contributed by atoms with Crippen LogP contribution in [0.15, 0.2) is 66.0 Å². The molecule has 0 saturated carbocycles. The van der Waals surface area contributed by atoms with Crippen LogP contribution >= 0.6 is 11.3 Å². The van der Waals surface area contributed by atoms with Crippen LogP contribution in [0.25, 0.3) is 11.1 Å². The standard InChI is InChI=1S/C22H24N2O2S/c1-24(2)20(17-9-11-18(26-3)12-10-17)15-23-22(25)21-19(13-14-27-21)16-7-5-4-6-8-16/h4-14,20H,15H2,1-3H3,(H,23,25). The van der Waals surface area contributed by atoms with Crippen LogP contribution in [-0.2, 0) is 0 Å². The molecule has 0 fully saturated rings. The molecule has 3 rings (SSSR count). The van der Waals surface area contributed by atoms with Gasteiger partial charge in [-0.2, -0.15) is 0 Å². The van der Waals surface area contributed by atoms with Crippen LogP contribution in [0.2, 0.25) is 0 Å². The number of thiophene rings is 1. The smallest absolute Gasteiger partial charge is 0.262 e. The highest BCUT2D eigenvalue weighted by Crippen LogP contribution is 2.28. The van der Waals surface area contributed by atoms with E-state index in [-0.39, 0.29) is 11.9 Å². The Morgan fingerprint density at radius 2 is 1.78 bits per heavy atom. The molecule has 3 aromatic rings. The number of carbonyl (C=O) groups is 1. The van der Waals surface area contributed by atoms with Gasteiger partial charge >= 0.3 is 0 Å². The van der Waals surface area contributed by atoms with Gasteiger partial charge in [-0.1, -0.05) is 42.5 Å². The summed E-state index contributed by atoms with van der Waals surface area (Å²) in [6.45, 7) is 0.532. The minimum atomic E-state index is -0.0378. The largest absolute Gasteiger partial charge is 0.497 e. The van der Waals surface area contributed by atoms with Gasteiger partial charge in [0.2, 0.25) is 0 Å². The fourth-order valence-electron chi connectivity index (χ4n) is 3.02. The van der Waals surface area contributed by atoms with Crippen LogP contribution in [0.1, 0.15) is 21.3 Å². The number of hydrogen-bond acceptors (Lipinski definition) is 4. The summed E-state index contributed by atoms with van der Waals surface area (Å²) in [6.07, 6.45) is 0. The summed E-state index contributed by atoms with van der Waals surface area (Å²) in [4.78, 5) is 15.7. The highest BCUT2D eigenvalue weighted by molar-refractivity contribution is 7.12. The van der Waals surface area contributed by atoms with E-state index in [0.29, 0.717) is 6.54 Å². The molecule has 1 aromatic heterocycles. The lowest BCUT2D eigenvalue weighted by atomic mass is 10.0. The Labute approximate surface area is 164 Å². The average Bonchev–Trinajstić information content (AvgIpc) is 3.19. The zero-order chi connectivity index (χ0) is 19.2. The second kappa shape index (κ2) is 8.84. The lowest BCUT2D eigenvalue weighted by Crippen LogP contribution is -2.34. The van der Waals surface area contributed by atoms with Crippen molar-refractivity contribution in [3.8, 4) is 16.9 Å². The Balaban J connectivity index is 1.73. The monoisotopic (exact) mass is 380 g/mol. The predicted octanol–water partition coefficient (Wildman–Crippen LogP) is 4.46. The molecule has 0 aliphatic rings. The SMILES string of the molecule is COc1ccc(C(CNC(=O)c2sccc2-c2ccccc2)N(C)C)cc1. The van der Waals surface area contributed by atoms with Crippen molar-refractivity contribution in [1.29, 1.82) is 0 Å². The molecular weight excluding hydrogens is 356 g/mol. The first kappa shape index (κ1) is 19.1. The van der Waals surface area contributed by atoms with Gasteiger partial charge in [-0.15, -0.1) is 11.3 Å². The Hall–Kier alpha value is -2.63. The lowest BCUT2D eigenvalue weighted by molar-refractivity contribution is 0.0946. The van der Waals surface area contributed by atoms with E-state index in [9.17, 15) is 4.79 Å². The normalized spacial score (nSPS) is 12.0. The van der Waals surface area contributed by atoms with Gasteiger partial charge in [-0.05, 0) is 48.8 Å². The van der Waals surface area contributed by atoms with Crippen LogP contribution in [0.5, 0.6) is 5.75 Å². The quantitative estimate of drug-likeness (QED) is 0.658. The van der Waals surface area contributed by atoms with Crippen molar-refractivity contribution in [1.82, 2.24) is 10.2 Å². The predicted molar refractivity (Wildman–Crippen MR) is 112 cm³/mol. The topological polar surface area (TPSA) is 41.6 Å². The molecule has 0 spiro atoms. The van der Waals surface area contributed by atoms with E-state index in [0.717, 1.165) is 27.3 Å². The summed E-state index contributed by atoms with van der Waals surface area (Å²) in [6, 6.07) is 20.1. The summed E-state index contributed by atoms with van der Waals surface area (Å²) >= 11 is 1.47. The van der Waals surface area contributed by atoms with E-state index in [4.69, 9.17) is 4.74 Å². The van der Waals surface area contributed by atoms with Crippen molar-refractivity contribution < 1.29 is 9.53 Å². The van der Waals surface area contributed by atoms with E-state index >= 15 is 0 Å². The zero-order valence-corrected chi connectivity index (χ0v) is 16.6. The highest BCUT2D eigenvalue weighted by Gasteiger charge is 2.19. The van der Waals surface area contributed by atoms with Gasteiger partial charge in [0, 0.05) is 12.1 Å². The van der Waals surface area contributed by atoms with E-state index < -0.39 is 0 Å². The number of benzene rings is 2. The lowest BCUT2D eigenvalue weighted by Gasteiger charge is -2.25. The van der Waals surface area contributed by atoms with Crippen molar-refractivity contribution in [2.24, 2.45) is 0 Å². The fraction of sp³-hybridized carbons (Fsp3) is 0.227. The molecule has 1 heterocycles. The van der Waals surface area contributed by atoms with Crippen molar-refractivity contribution in [2.45, 2.75) is 6.04 Å². The summed E-state index contributed by atoms with van der Waals surface area (Å²) < 4.78 is 5.23. The Bertz CT molecular complexity index is 873. The third kappa shape index (κ3) is 4.56. The number of amides is 1. The molecule has 27 heavy (non-hydrogen) atoms. The van der Waals surface area contributed by atoms with Gasteiger partial charge in [0.15, 0.2) is 0 Å². The summed E-state index contributed by atoms with van der Waals surface area (Å²) in [5.74, 6) is 0.788. The minimum Gasteiger partial charge on any atom is -0.497 e. The molecule has 0 aliphatic carbocycles. The number of likely N-dealkylation sites (N-methyl/N-ethyl adjacent to an activating group) is 1. The molecule has 1 N–H and O–H groups in total. The average molecular weight is 381 g/mol. The summed E-state index contributed by atoms with van der Waals surface area (Å²) in [7, 11) is 5.69. The molecule has 0 saturated heterocycles. The van der Waals surface area contributed by atoms with Gasteiger partial charge in [-0.3, -0.25) is 4.79 Å². The Morgan fingerprint density at radius 3 is 2.41 bits per heavy atom. The van der Waals surface area contributed by atoms with Gasteiger partial charge in [-0.25, -0.2) is 0 Å². The molecule has 0 aliphatic heterocycles. The number of methoxy groups -OCH3 is 1. The molecule has 1 amide bonds. The number of nitrogens with zero attached hydrogens (tertiary/aromatic N) is 1. The van der Waals surface area contributed by atoms with Crippen LogP contribution in [0.3, 0.4) is 0 Å². The maximum atomic E-state index is 12.8. The number of ether oxygens (including phenoxy) is 1. The first-order valence-corrected chi connectivity index (χ1v) is 9.69. The van der Waals surface area contributed by atoms with Crippen molar-refractivity contribution in [2.75, 3.05) is 27.7 Å². The van der Waals surface area contributed by atoms with Crippen LogP contribution in [0, 0.1) is 0 Å².